The van der Waals surface area contributed by atoms with E-state index in [1.807, 2.05) is 0 Å². The van der Waals surface area contributed by atoms with Crippen molar-refractivity contribution in [3.63, 3.8) is 0 Å². The number of likely N-dealkylation sites (N-methyl/N-ethyl adjacent to an activating group) is 1. The second kappa shape index (κ2) is 10.9. The summed E-state index contributed by atoms with van der Waals surface area (Å²) in [5, 5.41) is 0. The summed E-state index contributed by atoms with van der Waals surface area (Å²) in [6, 6.07) is 0. The molecule has 94 valence electrons. The summed E-state index contributed by atoms with van der Waals surface area (Å²) < 4.78 is 0.956. The van der Waals surface area contributed by atoms with Crippen LogP contribution >= 0.6 is 0 Å². The summed E-state index contributed by atoms with van der Waals surface area (Å²) in [6.07, 6.45) is 5.16. The minimum atomic E-state index is 0. The van der Waals surface area contributed by atoms with Crippen LogP contribution in [0, 0.1) is 0 Å². The van der Waals surface area contributed by atoms with Gasteiger partial charge >= 0.3 is 0 Å². The summed E-state index contributed by atoms with van der Waals surface area (Å²) >= 11 is 0. The van der Waals surface area contributed by atoms with Crippen molar-refractivity contribution >= 4 is 0 Å². The zero-order chi connectivity index (χ0) is 10.9. The van der Waals surface area contributed by atoms with E-state index in [9.17, 15) is 0 Å². The monoisotopic (exact) mass is 282 g/mol. The van der Waals surface area contributed by atoms with Gasteiger partial charge in [0.15, 0.2) is 0 Å². The van der Waals surface area contributed by atoms with Crippen LogP contribution in [0.15, 0.2) is 0 Å². The Hall–Kier alpha value is 0.360. The van der Waals surface area contributed by atoms with E-state index in [1.165, 1.54) is 25.7 Å². The first-order valence-electron chi connectivity index (χ1n) is 5.71. The van der Waals surface area contributed by atoms with Crippen molar-refractivity contribution in [1.29, 1.82) is 0 Å². The van der Waals surface area contributed by atoms with Gasteiger partial charge in [-0.05, 0) is 6.42 Å². The first-order chi connectivity index (χ1) is 6.56. The van der Waals surface area contributed by atoms with E-state index >= 15 is 0 Å². The maximum Gasteiger partial charge on any atom is 0.117 e. The SMILES string of the molecule is CCCCCCNOCC[N+](C)(C)C.[Br-]. The summed E-state index contributed by atoms with van der Waals surface area (Å²) in [5.41, 5.74) is 3.01. The Kier molecular flexibility index (Phi) is 12.9. The lowest BCUT2D eigenvalue weighted by Gasteiger charge is -2.23. The topological polar surface area (TPSA) is 21.3 Å². The number of halogens is 1. The van der Waals surface area contributed by atoms with Crippen molar-refractivity contribution in [3.8, 4) is 0 Å². The molecule has 0 saturated carbocycles. The first-order valence-corrected chi connectivity index (χ1v) is 5.71. The highest BCUT2D eigenvalue weighted by Crippen LogP contribution is 1.96. The average Bonchev–Trinajstić information content (AvgIpc) is 2.08. The van der Waals surface area contributed by atoms with Crippen molar-refractivity contribution in [2.24, 2.45) is 0 Å². The van der Waals surface area contributed by atoms with Crippen LogP contribution in [-0.4, -0.2) is 45.3 Å². The molecule has 0 aliphatic rings. The molecule has 1 N–H and O–H groups in total. The standard InChI is InChI=1S/C11H27N2O.BrH/c1-5-6-7-8-9-12-14-11-10-13(2,3)4;/h12H,5-11H2,1-4H3;1H/q+1;/p-1. The Morgan fingerprint density at radius 1 is 1.07 bits per heavy atom. The van der Waals surface area contributed by atoms with E-state index in [0.717, 1.165) is 24.2 Å². The molecule has 4 heteroatoms. The Balaban J connectivity index is 0. The van der Waals surface area contributed by atoms with Crippen LogP contribution in [0.5, 0.6) is 0 Å². The van der Waals surface area contributed by atoms with Crippen LogP contribution in [-0.2, 0) is 4.84 Å². The van der Waals surface area contributed by atoms with Gasteiger partial charge in [0.25, 0.3) is 0 Å². The molecule has 0 saturated heterocycles. The Bertz CT molecular complexity index is 126. The molecule has 0 unspecified atom stereocenters. The largest absolute Gasteiger partial charge is 1.00 e. The Morgan fingerprint density at radius 2 is 1.73 bits per heavy atom. The van der Waals surface area contributed by atoms with Crippen LogP contribution < -0.4 is 22.5 Å². The number of nitrogens with one attached hydrogen (secondary N) is 1. The normalized spacial score (nSPS) is 11.2. The number of nitrogens with zero attached hydrogens (tertiary/aromatic N) is 1. The number of hydrogen-bond donors (Lipinski definition) is 1. The Labute approximate surface area is 105 Å². The molecule has 0 rings (SSSR count). The van der Waals surface area contributed by atoms with E-state index in [4.69, 9.17) is 4.84 Å². The van der Waals surface area contributed by atoms with Crippen molar-refractivity contribution in [2.45, 2.75) is 32.6 Å². The number of hydroxylamine groups is 1. The van der Waals surface area contributed by atoms with Gasteiger partial charge in [0.05, 0.1) is 21.1 Å². The molecular formula is C11H27BrN2O. The summed E-state index contributed by atoms with van der Waals surface area (Å²) in [7, 11) is 6.51. The van der Waals surface area contributed by atoms with Gasteiger partial charge < -0.3 is 21.5 Å². The quantitative estimate of drug-likeness (QED) is 0.326. The van der Waals surface area contributed by atoms with Crippen LogP contribution in [0.3, 0.4) is 0 Å². The molecule has 0 aromatic rings. The maximum atomic E-state index is 5.32. The highest BCUT2D eigenvalue weighted by molar-refractivity contribution is 4.40. The van der Waals surface area contributed by atoms with Crippen molar-refractivity contribution in [2.75, 3.05) is 40.8 Å². The molecule has 0 aromatic carbocycles. The van der Waals surface area contributed by atoms with Gasteiger partial charge in [-0.1, -0.05) is 26.2 Å². The van der Waals surface area contributed by atoms with Crippen molar-refractivity contribution < 1.29 is 26.3 Å². The van der Waals surface area contributed by atoms with E-state index in [2.05, 4.69) is 33.5 Å². The molecular weight excluding hydrogens is 256 g/mol. The van der Waals surface area contributed by atoms with Gasteiger partial charge in [0.2, 0.25) is 0 Å². The third-order valence-corrected chi connectivity index (χ3v) is 2.10. The van der Waals surface area contributed by atoms with Crippen molar-refractivity contribution in [3.05, 3.63) is 0 Å². The van der Waals surface area contributed by atoms with Gasteiger partial charge in [-0.15, -0.1) is 0 Å². The van der Waals surface area contributed by atoms with Crippen molar-refractivity contribution in [1.82, 2.24) is 5.48 Å². The molecule has 0 aromatic heterocycles. The smallest absolute Gasteiger partial charge is 0.117 e. The predicted octanol–water partition coefficient (Wildman–Crippen LogP) is -1.20. The van der Waals surface area contributed by atoms with E-state index in [-0.39, 0.29) is 17.0 Å². The van der Waals surface area contributed by atoms with Gasteiger partial charge in [-0.3, -0.25) is 4.84 Å². The molecule has 0 bridgehead atoms. The summed E-state index contributed by atoms with van der Waals surface area (Å²) in [6.45, 7) is 5.04. The maximum absolute atomic E-state index is 5.32. The molecule has 0 atom stereocenters. The van der Waals surface area contributed by atoms with E-state index in [1.54, 1.807) is 0 Å². The van der Waals surface area contributed by atoms with Crippen LogP contribution in [0.25, 0.3) is 0 Å². The number of unbranched alkanes of at least 4 members (excludes halogenated alkanes) is 3. The first kappa shape index (κ1) is 17.7. The third kappa shape index (κ3) is 17.0. The molecule has 15 heavy (non-hydrogen) atoms. The molecule has 0 amide bonds. The number of rotatable bonds is 9. The fourth-order valence-corrected chi connectivity index (χ4v) is 1.09. The predicted molar refractivity (Wildman–Crippen MR) is 61.0 cm³/mol. The molecule has 0 aliphatic heterocycles. The lowest BCUT2D eigenvalue weighted by molar-refractivity contribution is -0.871. The fourth-order valence-electron chi connectivity index (χ4n) is 1.09. The molecule has 0 spiro atoms. The van der Waals surface area contributed by atoms with Gasteiger partial charge in [-0.2, -0.15) is 0 Å². The van der Waals surface area contributed by atoms with Crippen LogP contribution in [0.4, 0.5) is 0 Å². The highest BCUT2D eigenvalue weighted by atomic mass is 79.9. The second-order valence-corrected chi connectivity index (χ2v) is 4.82. The molecule has 0 heterocycles. The molecule has 0 fully saturated rings. The zero-order valence-corrected chi connectivity index (χ0v) is 12.3. The summed E-state index contributed by atoms with van der Waals surface area (Å²) in [5.74, 6) is 0. The van der Waals surface area contributed by atoms with E-state index in [0.29, 0.717) is 0 Å². The van der Waals surface area contributed by atoms with E-state index < -0.39 is 0 Å². The highest BCUT2D eigenvalue weighted by Gasteiger charge is 2.05. The number of hydrogen-bond acceptors (Lipinski definition) is 2. The van der Waals surface area contributed by atoms with Gasteiger partial charge in [-0.25, -0.2) is 5.48 Å². The molecule has 0 radical (unpaired) electrons. The lowest BCUT2D eigenvalue weighted by Crippen LogP contribution is -3.00. The second-order valence-electron chi connectivity index (χ2n) is 4.82. The third-order valence-electron chi connectivity index (χ3n) is 2.10. The molecule has 3 nitrogen and oxygen atoms in total. The van der Waals surface area contributed by atoms with Crippen LogP contribution in [0.1, 0.15) is 32.6 Å². The lowest BCUT2D eigenvalue weighted by atomic mass is 10.2. The Morgan fingerprint density at radius 3 is 2.27 bits per heavy atom. The molecule has 0 aliphatic carbocycles. The minimum absolute atomic E-state index is 0. The average molecular weight is 283 g/mol. The van der Waals surface area contributed by atoms with Crippen LogP contribution in [0.2, 0.25) is 0 Å². The zero-order valence-electron chi connectivity index (χ0n) is 10.7. The summed E-state index contributed by atoms with van der Waals surface area (Å²) in [4.78, 5) is 5.32. The van der Waals surface area contributed by atoms with Gasteiger partial charge in [0, 0.05) is 6.54 Å². The number of quaternary nitrogens is 1. The fraction of sp³-hybridized carbons (Fsp3) is 1.00. The minimum Gasteiger partial charge on any atom is -1.00 e. The van der Waals surface area contributed by atoms with Gasteiger partial charge in [0.1, 0.15) is 13.2 Å².